The quantitative estimate of drug-likeness (QED) is 0.806. The van der Waals surface area contributed by atoms with Crippen molar-refractivity contribution in [2.45, 2.75) is 44.3 Å². The van der Waals surface area contributed by atoms with Crippen molar-refractivity contribution in [3.63, 3.8) is 0 Å². The molecule has 3 amide bonds. The van der Waals surface area contributed by atoms with Gasteiger partial charge >= 0.3 is 6.03 Å². The van der Waals surface area contributed by atoms with E-state index in [1.54, 1.807) is 19.0 Å². The van der Waals surface area contributed by atoms with E-state index >= 15 is 0 Å². The average Bonchev–Trinajstić information content (AvgIpc) is 2.69. The second-order valence-electron chi connectivity index (χ2n) is 8.15. The fraction of sp³-hybridized carbons (Fsp3) is 0.619. The highest BCUT2D eigenvalue weighted by Gasteiger charge is 2.41. The standard InChI is InChI=1S/C21H30ClN3O4/c1-15-4-5-18(17(22)12-15)23-20(27)25-9-7-21(8-10-25)13-16(6-11-29-21)28-14-19(26)24(2)3/h4-5,12,16H,6-11,13-14H2,1-3H3,(H,23,27). The minimum absolute atomic E-state index is 0.0133. The lowest BCUT2D eigenvalue weighted by molar-refractivity contribution is -0.160. The molecule has 0 aromatic heterocycles. The minimum Gasteiger partial charge on any atom is -0.375 e. The molecular formula is C21H30ClN3O4. The molecule has 1 aromatic rings. The number of aryl methyl sites for hydroxylation is 1. The lowest BCUT2D eigenvalue weighted by Crippen LogP contribution is -2.53. The third kappa shape index (κ3) is 5.62. The summed E-state index contributed by atoms with van der Waals surface area (Å²) in [6, 6.07) is 5.43. The molecule has 8 heteroatoms. The Morgan fingerprint density at radius 3 is 2.72 bits per heavy atom. The van der Waals surface area contributed by atoms with Gasteiger partial charge in [0.25, 0.3) is 0 Å². The highest BCUT2D eigenvalue weighted by Crippen LogP contribution is 2.36. The molecule has 1 atom stereocenters. The Labute approximate surface area is 177 Å². The summed E-state index contributed by atoms with van der Waals surface area (Å²) in [5.74, 6) is -0.0354. The van der Waals surface area contributed by atoms with Crippen LogP contribution in [0.15, 0.2) is 18.2 Å². The second kappa shape index (κ2) is 9.32. The summed E-state index contributed by atoms with van der Waals surface area (Å²) < 4.78 is 11.9. The SMILES string of the molecule is Cc1ccc(NC(=O)N2CCC3(CC2)CC(OCC(=O)N(C)C)CCO3)c(Cl)c1. The molecule has 1 N–H and O–H groups in total. The smallest absolute Gasteiger partial charge is 0.321 e. The summed E-state index contributed by atoms with van der Waals surface area (Å²) in [7, 11) is 3.45. The molecule has 7 nitrogen and oxygen atoms in total. The summed E-state index contributed by atoms with van der Waals surface area (Å²) >= 11 is 6.22. The number of carbonyl (C=O) groups is 2. The lowest BCUT2D eigenvalue weighted by atomic mass is 9.83. The van der Waals surface area contributed by atoms with E-state index in [4.69, 9.17) is 21.1 Å². The molecule has 0 bridgehead atoms. The highest BCUT2D eigenvalue weighted by molar-refractivity contribution is 6.33. The number of likely N-dealkylation sites (N-methyl/N-ethyl adjacent to an activating group) is 1. The van der Waals surface area contributed by atoms with Gasteiger partial charge in [0.15, 0.2) is 0 Å². The Kier molecular flexibility index (Phi) is 7.03. The first-order chi connectivity index (χ1) is 13.8. The largest absolute Gasteiger partial charge is 0.375 e. The van der Waals surface area contributed by atoms with Crippen molar-refractivity contribution in [2.75, 3.05) is 45.7 Å². The van der Waals surface area contributed by atoms with E-state index in [0.29, 0.717) is 30.4 Å². The van der Waals surface area contributed by atoms with Crippen molar-refractivity contribution >= 4 is 29.2 Å². The van der Waals surface area contributed by atoms with E-state index < -0.39 is 0 Å². The number of likely N-dealkylation sites (tertiary alicyclic amines) is 1. The van der Waals surface area contributed by atoms with Crippen LogP contribution in [-0.4, -0.2) is 73.8 Å². The van der Waals surface area contributed by atoms with Gasteiger partial charge < -0.3 is 24.6 Å². The fourth-order valence-corrected chi connectivity index (χ4v) is 4.11. The summed E-state index contributed by atoms with van der Waals surface area (Å²) in [4.78, 5) is 27.7. The monoisotopic (exact) mass is 423 g/mol. The van der Waals surface area contributed by atoms with Crippen molar-refractivity contribution < 1.29 is 19.1 Å². The Morgan fingerprint density at radius 2 is 2.07 bits per heavy atom. The number of nitrogens with zero attached hydrogens (tertiary/aromatic N) is 2. The molecule has 0 aliphatic carbocycles. The Hall–Kier alpha value is -1.83. The zero-order valence-corrected chi connectivity index (χ0v) is 18.1. The van der Waals surface area contributed by atoms with Gasteiger partial charge in [0, 0.05) is 40.2 Å². The maximum atomic E-state index is 12.6. The summed E-state index contributed by atoms with van der Waals surface area (Å²) in [5.41, 5.74) is 1.39. The van der Waals surface area contributed by atoms with Crippen LogP contribution < -0.4 is 5.32 Å². The van der Waals surface area contributed by atoms with E-state index in [9.17, 15) is 9.59 Å². The number of nitrogens with one attached hydrogen (secondary N) is 1. The summed E-state index contributed by atoms with van der Waals surface area (Å²) in [5, 5.41) is 3.43. The molecule has 2 aliphatic heterocycles. The van der Waals surface area contributed by atoms with E-state index in [1.807, 2.05) is 25.1 Å². The first-order valence-corrected chi connectivity index (χ1v) is 10.4. The summed E-state index contributed by atoms with van der Waals surface area (Å²) in [6.07, 6.45) is 3.07. The first kappa shape index (κ1) is 21.9. The molecule has 2 heterocycles. The van der Waals surface area contributed by atoms with E-state index in [1.165, 1.54) is 4.90 Å². The van der Waals surface area contributed by atoms with Crippen molar-refractivity contribution in [2.24, 2.45) is 0 Å². The molecule has 2 saturated heterocycles. The predicted molar refractivity (Wildman–Crippen MR) is 112 cm³/mol. The van der Waals surface area contributed by atoms with Gasteiger partial charge in [-0.25, -0.2) is 4.79 Å². The maximum Gasteiger partial charge on any atom is 0.321 e. The van der Waals surface area contributed by atoms with Gasteiger partial charge in [-0.15, -0.1) is 0 Å². The van der Waals surface area contributed by atoms with Crippen LogP contribution in [0.1, 0.15) is 31.2 Å². The van der Waals surface area contributed by atoms with Crippen LogP contribution in [0, 0.1) is 6.92 Å². The van der Waals surface area contributed by atoms with Crippen LogP contribution in [0.3, 0.4) is 0 Å². The van der Waals surface area contributed by atoms with Gasteiger partial charge in [-0.1, -0.05) is 17.7 Å². The zero-order chi connectivity index (χ0) is 21.0. The third-order valence-electron chi connectivity index (χ3n) is 5.72. The molecular weight excluding hydrogens is 394 g/mol. The van der Waals surface area contributed by atoms with Crippen molar-refractivity contribution in [1.29, 1.82) is 0 Å². The molecule has 3 rings (SSSR count). The van der Waals surface area contributed by atoms with Crippen molar-refractivity contribution in [1.82, 2.24) is 9.80 Å². The highest BCUT2D eigenvalue weighted by atomic mass is 35.5. The van der Waals surface area contributed by atoms with Gasteiger partial charge in [-0.2, -0.15) is 0 Å². The van der Waals surface area contributed by atoms with E-state index in [0.717, 1.165) is 31.2 Å². The number of carbonyl (C=O) groups excluding carboxylic acids is 2. The number of hydrogen-bond acceptors (Lipinski definition) is 4. The molecule has 1 aromatic carbocycles. The number of anilines is 1. The maximum absolute atomic E-state index is 12.6. The number of rotatable bonds is 4. The molecule has 160 valence electrons. The second-order valence-corrected chi connectivity index (χ2v) is 8.55. The number of urea groups is 1. The number of piperidine rings is 1. The first-order valence-electron chi connectivity index (χ1n) is 10.1. The zero-order valence-electron chi connectivity index (χ0n) is 17.4. The van der Waals surface area contributed by atoms with Gasteiger partial charge in [0.1, 0.15) is 6.61 Å². The normalized spacial score (nSPS) is 21.1. The van der Waals surface area contributed by atoms with Crippen LogP contribution in [0.5, 0.6) is 0 Å². The molecule has 0 saturated carbocycles. The number of benzene rings is 1. The average molecular weight is 424 g/mol. The topological polar surface area (TPSA) is 71.1 Å². The third-order valence-corrected chi connectivity index (χ3v) is 6.03. The van der Waals surface area contributed by atoms with Crippen LogP contribution >= 0.6 is 11.6 Å². The number of halogens is 1. The lowest BCUT2D eigenvalue weighted by Gasteiger charge is -2.46. The predicted octanol–water partition coefficient (Wildman–Crippen LogP) is 3.30. The molecule has 29 heavy (non-hydrogen) atoms. The molecule has 2 aliphatic rings. The Balaban J connectivity index is 1.51. The van der Waals surface area contributed by atoms with Gasteiger partial charge in [-0.05, 0) is 43.9 Å². The van der Waals surface area contributed by atoms with Crippen LogP contribution in [0.25, 0.3) is 0 Å². The van der Waals surface area contributed by atoms with Gasteiger partial charge in [0.2, 0.25) is 5.91 Å². The van der Waals surface area contributed by atoms with Crippen molar-refractivity contribution in [3.8, 4) is 0 Å². The molecule has 1 unspecified atom stereocenters. The van der Waals surface area contributed by atoms with Gasteiger partial charge in [-0.3, -0.25) is 4.79 Å². The van der Waals surface area contributed by atoms with Crippen molar-refractivity contribution in [3.05, 3.63) is 28.8 Å². The van der Waals surface area contributed by atoms with Crippen LogP contribution in [0.2, 0.25) is 5.02 Å². The van der Waals surface area contributed by atoms with Gasteiger partial charge in [0.05, 0.1) is 22.4 Å². The molecule has 0 radical (unpaired) electrons. The van der Waals surface area contributed by atoms with E-state index in [-0.39, 0.29) is 30.3 Å². The number of ether oxygens (including phenoxy) is 2. The number of amides is 3. The summed E-state index contributed by atoms with van der Waals surface area (Å²) in [6.45, 7) is 3.89. The fourth-order valence-electron chi connectivity index (χ4n) is 3.82. The Morgan fingerprint density at radius 1 is 1.34 bits per heavy atom. The van der Waals surface area contributed by atoms with E-state index in [2.05, 4.69) is 5.32 Å². The number of hydrogen-bond donors (Lipinski definition) is 1. The van der Waals surface area contributed by atoms with Crippen LogP contribution in [-0.2, 0) is 14.3 Å². The van der Waals surface area contributed by atoms with Crippen LogP contribution in [0.4, 0.5) is 10.5 Å². The molecule has 2 fully saturated rings. The Bertz CT molecular complexity index is 747. The minimum atomic E-state index is -0.275. The molecule has 1 spiro atoms.